The topological polar surface area (TPSA) is 35.5 Å². The Labute approximate surface area is 148 Å². The molecule has 134 valence electrons. The monoisotopic (exact) mass is 363 g/mol. The van der Waals surface area contributed by atoms with Crippen LogP contribution in [0.1, 0.15) is 38.5 Å². The highest BCUT2D eigenvalue weighted by molar-refractivity contribution is 7.81. The van der Waals surface area contributed by atoms with Gasteiger partial charge in [0, 0.05) is 0 Å². The number of nitrogens with zero attached hydrogens (tertiary/aromatic N) is 1. The van der Waals surface area contributed by atoms with Crippen LogP contribution in [0.2, 0.25) is 0 Å². The molecule has 0 radical (unpaired) electrons. The normalized spacial score (nSPS) is 42.2. The van der Waals surface area contributed by atoms with Gasteiger partial charge in [-0.15, -0.1) is 0 Å². The zero-order chi connectivity index (χ0) is 15.2. The number of hydrogen-bond donors (Lipinski definition) is 0. The summed E-state index contributed by atoms with van der Waals surface area (Å²) in [6.07, 6.45) is 7.66. The van der Waals surface area contributed by atoms with Gasteiger partial charge in [-0.1, -0.05) is 0 Å². The van der Waals surface area contributed by atoms with Gasteiger partial charge in [-0.25, -0.2) is 4.21 Å². The molecule has 1 atom stereocenters. The first kappa shape index (κ1) is 18.1. The fraction of sp³-hybridized carbons (Fsp3) is 1.00. The molecule has 4 saturated carbocycles. The molecular weight excluding hydrogens is 334 g/mol. The molecule has 0 spiro atoms. The highest BCUT2D eigenvalue weighted by Crippen LogP contribution is 2.58. The summed E-state index contributed by atoms with van der Waals surface area (Å²) in [5.41, 5.74) is 0. The number of halogens is 1. The molecule has 5 rings (SSSR count). The maximum absolute atomic E-state index is 12.9. The van der Waals surface area contributed by atoms with E-state index in [1.165, 1.54) is 19.3 Å². The predicted octanol–water partition coefficient (Wildman–Crippen LogP) is -0.884. The van der Waals surface area contributed by atoms with E-state index >= 15 is 0 Å². The number of hydrogen-bond acceptors (Lipinski definition) is 3. The van der Waals surface area contributed by atoms with Gasteiger partial charge in [0.25, 0.3) is 0 Å². The van der Waals surface area contributed by atoms with Gasteiger partial charge in [0.2, 0.25) is 0 Å². The molecule has 4 aliphatic carbocycles. The van der Waals surface area contributed by atoms with Crippen molar-refractivity contribution in [3.05, 3.63) is 0 Å². The Morgan fingerprint density at radius 3 is 2.13 bits per heavy atom. The quantitative estimate of drug-likeness (QED) is 0.595. The highest BCUT2D eigenvalue weighted by Gasteiger charge is 2.54. The van der Waals surface area contributed by atoms with Crippen LogP contribution in [0.25, 0.3) is 0 Å². The molecule has 0 amide bonds. The number of ether oxygens (including phenoxy) is 1. The lowest BCUT2D eigenvalue weighted by atomic mass is 9.56. The Hall–Kier alpha value is 0.320. The second-order valence-corrected chi connectivity index (χ2v) is 10.1. The smallest absolute Gasteiger partial charge is 0.162 e. The van der Waals surface area contributed by atoms with E-state index in [1.54, 1.807) is 0 Å². The Bertz CT molecular complexity index is 418. The molecular formula is C17H30ClNO3S. The third kappa shape index (κ3) is 3.64. The van der Waals surface area contributed by atoms with Crippen molar-refractivity contribution in [3.8, 4) is 0 Å². The minimum Gasteiger partial charge on any atom is -1.00 e. The molecule has 1 heterocycles. The summed E-state index contributed by atoms with van der Waals surface area (Å²) in [4.78, 5) is 0. The standard InChI is InChI=1S/C17H30NO3S.ClH/c1-18(2-5-20-6-3-18)4-7-21-22(19)17-11-14-8-15(12-17)10-16(9-14)13-17;/h14-16H,2-13H2,1H3;1H/q+1;/p-1. The van der Waals surface area contributed by atoms with Gasteiger partial charge in [-0.3, -0.25) is 4.18 Å². The Morgan fingerprint density at radius 1 is 1.09 bits per heavy atom. The van der Waals surface area contributed by atoms with Crippen molar-refractivity contribution in [1.29, 1.82) is 0 Å². The second-order valence-electron chi connectivity index (χ2n) is 8.56. The van der Waals surface area contributed by atoms with Crippen LogP contribution in [0.5, 0.6) is 0 Å². The Balaban J connectivity index is 0.00000156. The Kier molecular flexibility index (Phi) is 5.44. The molecule has 0 aromatic rings. The molecule has 1 aliphatic heterocycles. The number of morpholine rings is 1. The first-order valence-electron chi connectivity index (χ1n) is 9.03. The summed E-state index contributed by atoms with van der Waals surface area (Å²) in [6.45, 7) is 5.37. The first-order chi connectivity index (χ1) is 10.6. The van der Waals surface area contributed by atoms with Crippen LogP contribution in [0.15, 0.2) is 0 Å². The fourth-order valence-electron chi connectivity index (χ4n) is 5.70. The lowest BCUT2D eigenvalue weighted by molar-refractivity contribution is -0.916. The Morgan fingerprint density at radius 2 is 1.61 bits per heavy atom. The predicted molar refractivity (Wildman–Crippen MR) is 86.6 cm³/mol. The van der Waals surface area contributed by atoms with E-state index < -0.39 is 11.1 Å². The first-order valence-corrected chi connectivity index (χ1v) is 10.1. The van der Waals surface area contributed by atoms with E-state index in [-0.39, 0.29) is 17.2 Å². The van der Waals surface area contributed by atoms with E-state index in [4.69, 9.17) is 8.92 Å². The van der Waals surface area contributed by atoms with E-state index in [1.807, 2.05) is 0 Å². The van der Waals surface area contributed by atoms with E-state index in [2.05, 4.69) is 7.05 Å². The van der Waals surface area contributed by atoms with Crippen molar-refractivity contribution in [2.45, 2.75) is 43.3 Å². The average Bonchev–Trinajstić information content (AvgIpc) is 2.46. The molecule has 1 saturated heterocycles. The molecule has 1 unspecified atom stereocenters. The number of quaternary nitrogens is 1. The highest BCUT2D eigenvalue weighted by atomic mass is 35.5. The fourth-order valence-corrected chi connectivity index (χ4v) is 7.29. The summed E-state index contributed by atoms with van der Waals surface area (Å²) in [5, 5.41) is 0. The van der Waals surface area contributed by atoms with E-state index in [0.717, 1.165) is 74.3 Å². The zero-order valence-electron chi connectivity index (χ0n) is 14.2. The minimum atomic E-state index is -1.09. The molecule has 0 aromatic carbocycles. The van der Waals surface area contributed by atoms with Crippen LogP contribution in [0, 0.1) is 17.8 Å². The summed E-state index contributed by atoms with van der Waals surface area (Å²) in [6, 6.07) is 0. The molecule has 4 bridgehead atoms. The van der Waals surface area contributed by atoms with E-state index in [0.29, 0.717) is 6.61 Å². The van der Waals surface area contributed by atoms with Crippen molar-refractivity contribution >= 4 is 11.1 Å². The largest absolute Gasteiger partial charge is 1.00 e. The summed E-state index contributed by atoms with van der Waals surface area (Å²) in [5.74, 6) is 2.51. The summed E-state index contributed by atoms with van der Waals surface area (Å²) >= 11 is -1.09. The van der Waals surface area contributed by atoms with Gasteiger partial charge in [0.05, 0.1) is 25.0 Å². The average molecular weight is 364 g/mol. The van der Waals surface area contributed by atoms with Crippen molar-refractivity contribution in [2.75, 3.05) is 46.5 Å². The van der Waals surface area contributed by atoms with Gasteiger partial charge < -0.3 is 21.6 Å². The molecule has 0 aromatic heterocycles. The van der Waals surface area contributed by atoms with Crippen LogP contribution in [0.3, 0.4) is 0 Å². The van der Waals surface area contributed by atoms with Crippen molar-refractivity contribution in [1.82, 2.24) is 0 Å². The number of likely N-dealkylation sites (N-methyl/N-ethyl adjacent to an activating group) is 1. The molecule has 23 heavy (non-hydrogen) atoms. The lowest BCUT2D eigenvalue weighted by Crippen LogP contribution is -3.00. The maximum atomic E-state index is 12.9. The van der Waals surface area contributed by atoms with Crippen LogP contribution >= 0.6 is 0 Å². The third-order valence-corrected chi connectivity index (χ3v) is 8.30. The van der Waals surface area contributed by atoms with Gasteiger partial charge in [0.15, 0.2) is 11.1 Å². The molecule has 0 N–H and O–H groups in total. The molecule has 5 aliphatic rings. The SMILES string of the molecule is C[N+]1(CCOS(=O)C23CC4CC(CC(C4)C2)C3)CCOCC1.[Cl-]. The van der Waals surface area contributed by atoms with Crippen LogP contribution in [0.4, 0.5) is 0 Å². The molecule has 5 fully saturated rings. The van der Waals surface area contributed by atoms with Gasteiger partial charge in [-0.2, -0.15) is 0 Å². The van der Waals surface area contributed by atoms with Crippen LogP contribution in [-0.4, -0.2) is 59.9 Å². The third-order valence-electron chi connectivity index (χ3n) is 6.71. The van der Waals surface area contributed by atoms with Crippen LogP contribution < -0.4 is 12.4 Å². The van der Waals surface area contributed by atoms with Gasteiger partial charge >= 0.3 is 0 Å². The van der Waals surface area contributed by atoms with Gasteiger partial charge in [-0.05, 0) is 56.3 Å². The molecule has 4 nitrogen and oxygen atoms in total. The van der Waals surface area contributed by atoms with Crippen LogP contribution in [-0.2, 0) is 20.0 Å². The van der Waals surface area contributed by atoms with Gasteiger partial charge in [0.1, 0.15) is 26.2 Å². The summed E-state index contributed by atoms with van der Waals surface area (Å²) < 4.78 is 25.3. The van der Waals surface area contributed by atoms with E-state index in [9.17, 15) is 4.21 Å². The second kappa shape index (κ2) is 6.91. The lowest BCUT2D eigenvalue weighted by Gasteiger charge is -2.55. The van der Waals surface area contributed by atoms with Crippen molar-refractivity contribution in [3.63, 3.8) is 0 Å². The molecule has 6 heteroatoms. The van der Waals surface area contributed by atoms with Crippen molar-refractivity contribution < 1.29 is 30.0 Å². The number of rotatable bonds is 5. The minimum absolute atomic E-state index is 0. The van der Waals surface area contributed by atoms with Crippen molar-refractivity contribution in [2.24, 2.45) is 17.8 Å². The zero-order valence-corrected chi connectivity index (χ0v) is 15.7. The maximum Gasteiger partial charge on any atom is 0.162 e. The summed E-state index contributed by atoms with van der Waals surface area (Å²) in [7, 11) is 2.26.